The molecule has 1 aromatic carbocycles. The first-order chi connectivity index (χ1) is 7.50. The number of benzene rings is 1. The van der Waals surface area contributed by atoms with E-state index >= 15 is 0 Å². The number of hydrogen-bond acceptors (Lipinski definition) is 1. The molecule has 1 nitrogen and oxygen atoms in total. The van der Waals surface area contributed by atoms with Crippen molar-refractivity contribution >= 4 is 5.78 Å². The molecule has 88 valence electrons. The van der Waals surface area contributed by atoms with E-state index < -0.39 is 0 Å². The Morgan fingerprint density at radius 2 is 1.81 bits per heavy atom. The standard InChI is InChI=1S/C15H22O/c1-5-9-12(2)15(3,4)14(16)13-10-7-6-8-11-13/h6-8,10-12H,5,9H2,1-4H3. The van der Waals surface area contributed by atoms with Gasteiger partial charge in [-0.15, -0.1) is 0 Å². The van der Waals surface area contributed by atoms with Crippen LogP contribution in [0.3, 0.4) is 0 Å². The average Bonchev–Trinajstić information content (AvgIpc) is 2.29. The van der Waals surface area contributed by atoms with Crippen molar-refractivity contribution in [3.8, 4) is 0 Å². The highest BCUT2D eigenvalue weighted by molar-refractivity contribution is 6.00. The summed E-state index contributed by atoms with van der Waals surface area (Å²) in [4.78, 5) is 12.4. The first-order valence-electron chi connectivity index (χ1n) is 6.10. The van der Waals surface area contributed by atoms with Crippen LogP contribution in [0.5, 0.6) is 0 Å². The fourth-order valence-corrected chi connectivity index (χ4v) is 1.98. The Bertz CT molecular complexity index is 338. The summed E-state index contributed by atoms with van der Waals surface area (Å²) in [6.45, 7) is 8.45. The van der Waals surface area contributed by atoms with E-state index in [1.54, 1.807) is 0 Å². The highest BCUT2D eigenvalue weighted by Crippen LogP contribution is 2.33. The molecule has 0 amide bonds. The molecular formula is C15H22O. The average molecular weight is 218 g/mol. The van der Waals surface area contributed by atoms with Gasteiger partial charge in [0, 0.05) is 11.0 Å². The van der Waals surface area contributed by atoms with Gasteiger partial charge in [-0.3, -0.25) is 4.79 Å². The molecule has 0 saturated carbocycles. The van der Waals surface area contributed by atoms with Gasteiger partial charge in [0.15, 0.2) is 5.78 Å². The third kappa shape index (κ3) is 2.72. The van der Waals surface area contributed by atoms with Crippen LogP contribution in [0, 0.1) is 11.3 Å². The summed E-state index contributed by atoms with van der Waals surface area (Å²) in [6.07, 6.45) is 2.23. The van der Waals surface area contributed by atoms with Crippen molar-refractivity contribution in [1.82, 2.24) is 0 Å². The summed E-state index contributed by atoms with van der Waals surface area (Å²) < 4.78 is 0. The van der Waals surface area contributed by atoms with E-state index in [2.05, 4.69) is 27.7 Å². The molecule has 16 heavy (non-hydrogen) atoms. The van der Waals surface area contributed by atoms with E-state index in [1.165, 1.54) is 0 Å². The Labute approximate surface area is 98.9 Å². The first-order valence-corrected chi connectivity index (χ1v) is 6.10. The Hall–Kier alpha value is -1.11. The lowest BCUT2D eigenvalue weighted by molar-refractivity contribution is 0.0748. The normalized spacial score (nSPS) is 13.5. The lowest BCUT2D eigenvalue weighted by Gasteiger charge is -2.30. The van der Waals surface area contributed by atoms with Crippen LogP contribution in [0.2, 0.25) is 0 Å². The van der Waals surface area contributed by atoms with E-state index in [1.807, 2.05) is 30.3 Å². The van der Waals surface area contributed by atoms with E-state index in [-0.39, 0.29) is 11.2 Å². The summed E-state index contributed by atoms with van der Waals surface area (Å²) in [7, 11) is 0. The second-order valence-corrected chi connectivity index (χ2v) is 5.11. The van der Waals surface area contributed by atoms with E-state index in [0.717, 1.165) is 18.4 Å². The van der Waals surface area contributed by atoms with Crippen LogP contribution >= 0.6 is 0 Å². The minimum absolute atomic E-state index is 0.258. The van der Waals surface area contributed by atoms with Gasteiger partial charge >= 0.3 is 0 Å². The minimum atomic E-state index is -0.267. The topological polar surface area (TPSA) is 17.1 Å². The van der Waals surface area contributed by atoms with Crippen molar-refractivity contribution in [2.45, 2.75) is 40.5 Å². The van der Waals surface area contributed by atoms with Crippen LogP contribution in [0.4, 0.5) is 0 Å². The summed E-state index contributed by atoms with van der Waals surface area (Å²) in [6, 6.07) is 9.60. The second kappa shape index (κ2) is 5.29. The van der Waals surface area contributed by atoms with Crippen molar-refractivity contribution in [2.24, 2.45) is 11.3 Å². The second-order valence-electron chi connectivity index (χ2n) is 5.11. The molecule has 0 saturated heterocycles. The van der Waals surface area contributed by atoms with Gasteiger partial charge in [0.05, 0.1) is 0 Å². The molecular weight excluding hydrogens is 196 g/mol. The van der Waals surface area contributed by atoms with Crippen molar-refractivity contribution in [3.05, 3.63) is 35.9 Å². The van der Waals surface area contributed by atoms with E-state index in [9.17, 15) is 4.79 Å². The summed E-state index contributed by atoms with van der Waals surface area (Å²) in [5, 5.41) is 0. The smallest absolute Gasteiger partial charge is 0.168 e. The van der Waals surface area contributed by atoms with Gasteiger partial charge in [0.1, 0.15) is 0 Å². The molecule has 0 fully saturated rings. The maximum Gasteiger partial charge on any atom is 0.168 e. The predicted octanol–water partition coefficient (Wildman–Crippen LogP) is 4.33. The summed E-state index contributed by atoms with van der Waals surface area (Å²) >= 11 is 0. The molecule has 0 aliphatic carbocycles. The monoisotopic (exact) mass is 218 g/mol. The van der Waals surface area contributed by atoms with Crippen molar-refractivity contribution < 1.29 is 4.79 Å². The summed E-state index contributed by atoms with van der Waals surface area (Å²) in [5.41, 5.74) is 0.563. The first kappa shape index (κ1) is 13.0. The molecule has 0 bridgehead atoms. The number of rotatable bonds is 5. The van der Waals surface area contributed by atoms with Gasteiger partial charge in [-0.25, -0.2) is 0 Å². The number of Topliss-reactive ketones (excluding diaryl/α,β-unsaturated/α-hetero) is 1. The molecule has 1 heteroatoms. The molecule has 0 N–H and O–H groups in total. The highest BCUT2D eigenvalue weighted by atomic mass is 16.1. The molecule has 0 spiro atoms. The van der Waals surface area contributed by atoms with Gasteiger partial charge in [0.25, 0.3) is 0 Å². The Morgan fingerprint density at radius 3 is 2.31 bits per heavy atom. The zero-order valence-corrected chi connectivity index (χ0v) is 10.8. The van der Waals surface area contributed by atoms with Crippen LogP contribution in [0.15, 0.2) is 30.3 Å². The molecule has 1 unspecified atom stereocenters. The van der Waals surface area contributed by atoms with Crippen molar-refractivity contribution in [1.29, 1.82) is 0 Å². The number of carbonyl (C=O) groups is 1. The molecule has 0 heterocycles. The van der Waals surface area contributed by atoms with Crippen LogP contribution in [-0.2, 0) is 0 Å². The minimum Gasteiger partial charge on any atom is -0.294 e. The fourth-order valence-electron chi connectivity index (χ4n) is 1.98. The maximum absolute atomic E-state index is 12.4. The Morgan fingerprint density at radius 1 is 1.25 bits per heavy atom. The SMILES string of the molecule is CCCC(C)C(C)(C)C(=O)c1ccccc1. The Balaban J connectivity index is 2.88. The van der Waals surface area contributed by atoms with Crippen LogP contribution in [0.25, 0.3) is 0 Å². The third-order valence-corrected chi connectivity index (χ3v) is 3.57. The predicted molar refractivity (Wildman–Crippen MR) is 68.6 cm³/mol. The molecule has 0 aromatic heterocycles. The molecule has 1 aromatic rings. The van der Waals surface area contributed by atoms with Gasteiger partial charge in [-0.2, -0.15) is 0 Å². The van der Waals surface area contributed by atoms with Crippen LogP contribution < -0.4 is 0 Å². The molecule has 1 rings (SSSR count). The van der Waals surface area contributed by atoms with E-state index in [0.29, 0.717) is 5.92 Å². The Kier molecular flexibility index (Phi) is 4.28. The lowest BCUT2D eigenvalue weighted by atomic mass is 9.72. The van der Waals surface area contributed by atoms with Crippen molar-refractivity contribution in [3.63, 3.8) is 0 Å². The van der Waals surface area contributed by atoms with Crippen LogP contribution in [0.1, 0.15) is 50.9 Å². The highest BCUT2D eigenvalue weighted by Gasteiger charge is 2.33. The van der Waals surface area contributed by atoms with Gasteiger partial charge in [-0.1, -0.05) is 70.9 Å². The summed E-state index contributed by atoms with van der Waals surface area (Å²) in [5.74, 6) is 0.680. The lowest BCUT2D eigenvalue weighted by Crippen LogP contribution is -2.31. The van der Waals surface area contributed by atoms with Crippen molar-refractivity contribution in [2.75, 3.05) is 0 Å². The molecule has 0 aliphatic heterocycles. The fraction of sp³-hybridized carbons (Fsp3) is 0.533. The molecule has 0 radical (unpaired) electrons. The molecule has 1 atom stereocenters. The number of carbonyl (C=O) groups excluding carboxylic acids is 1. The van der Waals surface area contributed by atoms with Gasteiger partial charge in [0.2, 0.25) is 0 Å². The zero-order chi connectivity index (χ0) is 12.2. The quantitative estimate of drug-likeness (QED) is 0.672. The number of hydrogen-bond donors (Lipinski definition) is 0. The molecule has 0 aliphatic rings. The maximum atomic E-state index is 12.4. The van der Waals surface area contributed by atoms with E-state index in [4.69, 9.17) is 0 Å². The zero-order valence-electron chi connectivity index (χ0n) is 10.8. The van der Waals surface area contributed by atoms with Gasteiger partial charge in [-0.05, 0) is 5.92 Å². The van der Waals surface area contributed by atoms with Gasteiger partial charge < -0.3 is 0 Å². The third-order valence-electron chi connectivity index (χ3n) is 3.57. The number of ketones is 1. The van der Waals surface area contributed by atoms with Crippen LogP contribution in [-0.4, -0.2) is 5.78 Å². The largest absolute Gasteiger partial charge is 0.294 e.